The number of thiophene rings is 1. The Bertz CT molecular complexity index is 613. The van der Waals surface area contributed by atoms with Gasteiger partial charge in [0.1, 0.15) is 0 Å². The lowest BCUT2D eigenvalue weighted by Crippen LogP contribution is -2.36. The Morgan fingerprint density at radius 1 is 1.62 bits per heavy atom. The molecule has 0 aromatic carbocycles. The molecule has 2 aromatic heterocycles. The number of likely N-dealkylation sites (N-methyl/N-ethyl adjacent to an activating group) is 1. The van der Waals surface area contributed by atoms with E-state index in [1.807, 2.05) is 0 Å². The molecule has 0 aliphatic rings. The first kappa shape index (κ1) is 16.0. The Balaban J connectivity index is 2.05. The van der Waals surface area contributed by atoms with Crippen molar-refractivity contribution in [2.45, 2.75) is 6.10 Å². The lowest BCUT2D eigenvalue weighted by Gasteiger charge is -2.19. The first-order valence-electron chi connectivity index (χ1n) is 6.16. The van der Waals surface area contributed by atoms with Crippen molar-refractivity contribution in [3.63, 3.8) is 0 Å². The fraction of sp³-hybridized carbons (Fsp3) is 0.385. The molecule has 0 bridgehead atoms. The molecule has 2 aromatic rings. The van der Waals surface area contributed by atoms with Crippen LogP contribution in [-0.2, 0) is 4.74 Å². The van der Waals surface area contributed by atoms with Crippen LogP contribution in [0.4, 0.5) is 0 Å². The number of rotatable bonds is 6. The smallest absolute Gasteiger partial charge is 0.275 e. The molecular formula is C13H15ClN2O4S. The largest absolute Gasteiger partial charge is 0.389 e. The van der Waals surface area contributed by atoms with E-state index in [4.69, 9.17) is 20.9 Å². The second-order valence-electron chi connectivity index (χ2n) is 4.48. The third kappa shape index (κ3) is 4.04. The minimum atomic E-state index is -0.744. The molecule has 8 heteroatoms. The van der Waals surface area contributed by atoms with Gasteiger partial charge >= 0.3 is 0 Å². The van der Waals surface area contributed by atoms with E-state index in [-0.39, 0.29) is 24.8 Å². The Hall–Kier alpha value is -1.41. The van der Waals surface area contributed by atoms with Gasteiger partial charge in [0.05, 0.1) is 21.9 Å². The Labute approximate surface area is 130 Å². The summed E-state index contributed by atoms with van der Waals surface area (Å²) in [4.78, 5) is 14.3. The molecule has 0 fully saturated rings. The summed E-state index contributed by atoms with van der Waals surface area (Å²) in [6, 6.07) is 5.11. The second kappa shape index (κ2) is 7.04. The molecular weight excluding hydrogens is 316 g/mol. The molecule has 1 N–H and O–H groups in total. The summed E-state index contributed by atoms with van der Waals surface area (Å²) in [5.41, 5.74) is 0.182. The van der Waals surface area contributed by atoms with Gasteiger partial charge in [-0.1, -0.05) is 16.8 Å². The van der Waals surface area contributed by atoms with Crippen molar-refractivity contribution in [1.29, 1.82) is 0 Å². The van der Waals surface area contributed by atoms with Crippen molar-refractivity contribution in [1.82, 2.24) is 10.1 Å². The summed E-state index contributed by atoms with van der Waals surface area (Å²) in [6.45, 7) is 0.315. The number of hydrogen-bond donors (Lipinski definition) is 1. The fourth-order valence-corrected chi connectivity index (χ4v) is 2.77. The number of amides is 1. The number of hydrogen-bond acceptors (Lipinski definition) is 6. The van der Waals surface area contributed by atoms with Gasteiger partial charge in [-0.15, -0.1) is 11.3 Å². The number of ether oxygens (including phenoxy) is 1. The first-order valence-corrected chi connectivity index (χ1v) is 7.35. The molecule has 1 unspecified atom stereocenters. The third-order valence-electron chi connectivity index (χ3n) is 2.74. The lowest BCUT2D eigenvalue weighted by molar-refractivity contribution is 0.0376. The van der Waals surface area contributed by atoms with E-state index in [1.165, 1.54) is 23.3 Å². The number of methoxy groups -OCH3 is 1. The Morgan fingerprint density at radius 2 is 2.38 bits per heavy atom. The monoisotopic (exact) mass is 330 g/mol. The number of carbonyl (C=O) groups is 1. The van der Waals surface area contributed by atoms with Crippen LogP contribution < -0.4 is 0 Å². The number of aliphatic hydroxyl groups is 1. The van der Waals surface area contributed by atoms with Crippen LogP contribution in [0.15, 0.2) is 22.7 Å². The van der Waals surface area contributed by atoms with Crippen LogP contribution in [0.25, 0.3) is 10.6 Å². The van der Waals surface area contributed by atoms with Gasteiger partial charge in [0.25, 0.3) is 5.91 Å². The van der Waals surface area contributed by atoms with E-state index >= 15 is 0 Å². The minimum absolute atomic E-state index is 0.152. The van der Waals surface area contributed by atoms with Gasteiger partial charge in [0.15, 0.2) is 11.5 Å². The number of carbonyl (C=O) groups excluding carboxylic acids is 1. The van der Waals surface area contributed by atoms with Crippen LogP contribution in [0.2, 0.25) is 4.34 Å². The van der Waals surface area contributed by atoms with Gasteiger partial charge < -0.3 is 19.3 Å². The van der Waals surface area contributed by atoms with E-state index in [2.05, 4.69) is 5.16 Å². The third-order valence-corrected chi connectivity index (χ3v) is 3.98. The molecule has 2 heterocycles. The average molecular weight is 331 g/mol. The van der Waals surface area contributed by atoms with Crippen molar-refractivity contribution >= 4 is 28.8 Å². The number of aliphatic hydroxyl groups excluding tert-OH is 1. The van der Waals surface area contributed by atoms with Crippen molar-refractivity contribution < 1.29 is 19.2 Å². The quantitative estimate of drug-likeness (QED) is 0.878. The van der Waals surface area contributed by atoms with Crippen LogP contribution in [0.3, 0.4) is 0 Å². The molecule has 0 radical (unpaired) electrons. The molecule has 0 aliphatic carbocycles. The number of aromatic nitrogens is 1. The summed E-state index contributed by atoms with van der Waals surface area (Å²) >= 11 is 7.20. The van der Waals surface area contributed by atoms with Gasteiger partial charge in [0.2, 0.25) is 0 Å². The van der Waals surface area contributed by atoms with Crippen molar-refractivity contribution in [3.8, 4) is 10.6 Å². The van der Waals surface area contributed by atoms with E-state index in [1.54, 1.807) is 25.2 Å². The lowest BCUT2D eigenvalue weighted by atomic mass is 10.3. The molecule has 1 atom stereocenters. The highest BCUT2D eigenvalue weighted by atomic mass is 35.5. The highest BCUT2D eigenvalue weighted by Gasteiger charge is 2.20. The predicted molar refractivity (Wildman–Crippen MR) is 79.7 cm³/mol. The zero-order chi connectivity index (χ0) is 15.4. The average Bonchev–Trinajstić information content (AvgIpc) is 3.06. The Kier molecular flexibility index (Phi) is 5.35. The maximum atomic E-state index is 12.2. The van der Waals surface area contributed by atoms with Crippen LogP contribution >= 0.6 is 22.9 Å². The summed E-state index contributed by atoms with van der Waals surface area (Å²) in [7, 11) is 3.07. The fourth-order valence-electron chi connectivity index (χ4n) is 1.78. The van der Waals surface area contributed by atoms with Gasteiger partial charge in [-0.05, 0) is 12.1 Å². The van der Waals surface area contributed by atoms with Crippen LogP contribution in [0, 0.1) is 0 Å². The van der Waals surface area contributed by atoms with Crippen molar-refractivity contribution in [2.24, 2.45) is 0 Å². The van der Waals surface area contributed by atoms with E-state index in [9.17, 15) is 9.90 Å². The van der Waals surface area contributed by atoms with Crippen LogP contribution in [-0.4, -0.2) is 54.5 Å². The maximum Gasteiger partial charge on any atom is 0.275 e. The molecule has 0 aliphatic heterocycles. The summed E-state index contributed by atoms with van der Waals surface area (Å²) in [5, 5.41) is 13.4. The van der Waals surface area contributed by atoms with E-state index < -0.39 is 6.10 Å². The zero-order valence-electron chi connectivity index (χ0n) is 11.6. The van der Waals surface area contributed by atoms with Crippen LogP contribution in [0.5, 0.6) is 0 Å². The summed E-state index contributed by atoms with van der Waals surface area (Å²) in [6.07, 6.45) is -0.744. The molecule has 1 amide bonds. The maximum absolute atomic E-state index is 12.2. The SMILES string of the molecule is COCC(O)CN(C)C(=O)c1cc(-c2ccc(Cl)s2)on1. The standard InChI is InChI=1S/C13H15ClN2O4S/c1-16(6-8(17)7-19-2)13(18)9-5-10(20-15-9)11-3-4-12(14)21-11/h3-5,8,17H,6-7H2,1-2H3. The number of halogens is 1. The predicted octanol–water partition coefficient (Wildman–Crippen LogP) is 2.14. The highest BCUT2D eigenvalue weighted by Crippen LogP contribution is 2.31. The Morgan fingerprint density at radius 3 is 3.00 bits per heavy atom. The van der Waals surface area contributed by atoms with Gasteiger partial charge in [0, 0.05) is 26.8 Å². The van der Waals surface area contributed by atoms with Gasteiger partial charge in [-0.25, -0.2) is 0 Å². The molecule has 6 nitrogen and oxygen atoms in total. The molecule has 0 saturated carbocycles. The van der Waals surface area contributed by atoms with E-state index in [0.29, 0.717) is 10.1 Å². The van der Waals surface area contributed by atoms with Crippen molar-refractivity contribution in [3.05, 3.63) is 28.2 Å². The summed E-state index contributed by atoms with van der Waals surface area (Å²) < 4.78 is 10.6. The minimum Gasteiger partial charge on any atom is -0.389 e. The summed E-state index contributed by atoms with van der Waals surface area (Å²) in [5.74, 6) is 0.156. The molecule has 0 saturated heterocycles. The highest BCUT2D eigenvalue weighted by molar-refractivity contribution is 7.19. The second-order valence-corrected chi connectivity index (χ2v) is 6.19. The first-order chi connectivity index (χ1) is 10.0. The van der Waals surface area contributed by atoms with Crippen molar-refractivity contribution in [2.75, 3.05) is 27.3 Å². The van der Waals surface area contributed by atoms with E-state index in [0.717, 1.165) is 4.88 Å². The van der Waals surface area contributed by atoms with Gasteiger partial charge in [-0.2, -0.15) is 0 Å². The topological polar surface area (TPSA) is 75.8 Å². The normalized spacial score (nSPS) is 12.4. The number of nitrogens with zero attached hydrogens (tertiary/aromatic N) is 2. The van der Waals surface area contributed by atoms with Crippen LogP contribution in [0.1, 0.15) is 10.5 Å². The molecule has 114 valence electrons. The molecule has 0 spiro atoms. The van der Waals surface area contributed by atoms with Gasteiger partial charge in [-0.3, -0.25) is 4.79 Å². The zero-order valence-corrected chi connectivity index (χ0v) is 13.1. The molecule has 2 rings (SSSR count). The molecule has 21 heavy (non-hydrogen) atoms.